The number of methoxy groups -OCH3 is 1. The summed E-state index contributed by atoms with van der Waals surface area (Å²) in [6.45, 7) is 5.35. The average molecular weight is 363 g/mol. The van der Waals surface area contributed by atoms with Crippen molar-refractivity contribution in [1.82, 2.24) is 4.90 Å². The fourth-order valence-electron chi connectivity index (χ4n) is 3.24. The number of carboxylic acid groups (broad SMARTS) is 1. The fourth-order valence-corrected chi connectivity index (χ4v) is 3.24. The molecule has 7 heteroatoms. The topological polar surface area (TPSA) is 85.3 Å². The maximum Gasteiger partial charge on any atom is 0.413 e. The molecule has 1 unspecified atom stereocenters. The zero-order chi connectivity index (χ0) is 19.1. The molecule has 1 heterocycles. The van der Waals surface area contributed by atoms with E-state index in [0.29, 0.717) is 11.3 Å². The van der Waals surface area contributed by atoms with Gasteiger partial charge in [0.1, 0.15) is 11.4 Å². The third-order valence-corrected chi connectivity index (χ3v) is 4.51. The number of carboxylic acids is 1. The van der Waals surface area contributed by atoms with Crippen molar-refractivity contribution in [1.29, 1.82) is 0 Å². The summed E-state index contributed by atoms with van der Waals surface area (Å²) >= 11 is 0. The first kappa shape index (κ1) is 18.5. The Hall–Kier alpha value is -2.28. The Morgan fingerprint density at radius 2 is 1.81 bits per heavy atom. The number of nitrogens with zero attached hydrogens (tertiary/aromatic N) is 1. The minimum Gasteiger partial charge on any atom is -0.497 e. The van der Waals surface area contributed by atoms with Crippen LogP contribution in [-0.2, 0) is 14.3 Å². The molecule has 2 aliphatic rings. The molecule has 142 valence electrons. The smallest absolute Gasteiger partial charge is 0.413 e. The Labute approximate surface area is 152 Å². The van der Waals surface area contributed by atoms with Crippen LogP contribution in [0.15, 0.2) is 24.3 Å². The van der Waals surface area contributed by atoms with Crippen molar-refractivity contribution in [2.75, 3.05) is 7.11 Å². The quantitative estimate of drug-likeness (QED) is 0.884. The highest BCUT2D eigenvalue weighted by Gasteiger charge is 2.55. The highest BCUT2D eigenvalue weighted by molar-refractivity contribution is 5.77. The Bertz CT molecular complexity index is 676. The second-order valence-corrected chi connectivity index (χ2v) is 7.74. The largest absolute Gasteiger partial charge is 0.497 e. The van der Waals surface area contributed by atoms with E-state index in [1.54, 1.807) is 52.1 Å². The first-order valence-corrected chi connectivity index (χ1v) is 8.75. The van der Waals surface area contributed by atoms with Gasteiger partial charge in [0.2, 0.25) is 0 Å². The number of benzene rings is 1. The minimum atomic E-state index is -1.07. The molecule has 1 N–H and O–H groups in total. The van der Waals surface area contributed by atoms with Gasteiger partial charge in [-0.05, 0) is 51.7 Å². The van der Waals surface area contributed by atoms with E-state index < -0.39 is 36.0 Å². The van der Waals surface area contributed by atoms with Crippen LogP contribution < -0.4 is 4.74 Å². The van der Waals surface area contributed by atoms with Gasteiger partial charge in [0.05, 0.1) is 13.2 Å². The van der Waals surface area contributed by atoms with E-state index in [1.165, 1.54) is 4.90 Å². The molecule has 1 saturated carbocycles. The van der Waals surface area contributed by atoms with E-state index in [-0.39, 0.29) is 5.92 Å². The molecule has 7 nitrogen and oxygen atoms in total. The highest BCUT2D eigenvalue weighted by atomic mass is 16.6. The number of hydrogen-bond donors (Lipinski definition) is 1. The first-order valence-electron chi connectivity index (χ1n) is 8.75. The lowest BCUT2D eigenvalue weighted by atomic mass is 10.1. The van der Waals surface area contributed by atoms with Crippen LogP contribution in [0.3, 0.4) is 0 Å². The Morgan fingerprint density at radius 1 is 1.19 bits per heavy atom. The van der Waals surface area contributed by atoms with Crippen molar-refractivity contribution in [2.24, 2.45) is 5.92 Å². The van der Waals surface area contributed by atoms with Gasteiger partial charge in [-0.2, -0.15) is 0 Å². The lowest BCUT2D eigenvalue weighted by Gasteiger charge is -2.31. The summed E-state index contributed by atoms with van der Waals surface area (Å²) < 4.78 is 16.5. The molecule has 3 atom stereocenters. The van der Waals surface area contributed by atoms with E-state index >= 15 is 0 Å². The molecule has 1 aliphatic heterocycles. The van der Waals surface area contributed by atoms with Crippen LogP contribution in [0.4, 0.5) is 4.79 Å². The summed E-state index contributed by atoms with van der Waals surface area (Å²) in [5, 5.41) is 9.62. The van der Waals surface area contributed by atoms with E-state index in [9.17, 15) is 14.7 Å². The van der Waals surface area contributed by atoms with Crippen LogP contribution in [0.1, 0.15) is 45.4 Å². The molecule has 3 rings (SSSR count). The molecule has 2 fully saturated rings. The van der Waals surface area contributed by atoms with Gasteiger partial charge in [0.25, 0.3) is 0 Å². The number of aliphatic carboxylic acids is 1. The van der Waals surface area contributed by atoms with E-state index in [0.717, 1.165) is 12.8 Å². The van der Waals surface area contributed by atoms with E-state index in [4.69, 9.17) is 14.2 Å². The van der Waals surface area contributed by atoms with Gasteiger partial charge in [-0.1, -0.05) is 12.1 Å². The Balaban J connectivity index is 1.95. The first-order chi connectivity index (χ1) is 12.2. The number of carbonyl (C=O) groups excluding carboxylic acids is 1. The number of amides is 1. The van der Waals surface area contributed by atoms with Gasteiger partial charge in [0, 0.05) is 5.56 Å². The predicted octanol–water partition coefficient (Wildman–Crippen LogP) is 3.19. The number of rotatable bonds is 4. The Kier molecular flexibility index (Phi) is 4.84. The molecular formula is C19H25NO6. The van der Waals surface area contributed by atoms with Crippen molar-refractivity contribution >= 4 is 12.1 Å². The van der Waals surface area contributed by atoms with E-state index in [2.05, 4.69) is 0 Å². The van der Waals surface area contributed by atoms with Gasteiger partial charge in [-0.3, -0.25) is 4.90 Å². The number of hydrogen-bond acceptors (Lipinski definition) is 5. The van der Waals surface area contributed by atoms with Crippen molar-refractivity contribution in [2.45, 2.75) is 57.6 Å². The second-order valence-electron chi connectivity index (χ2n) is 7.74. The molecule has 0 spiro atoms. The van der Waals surface area contributed by atoms with Crippen molar-refractivity contribution in [3.8, 4) is 5.75 Å². The third kappa shape index (κ3) is 3.77. The molecule has 26 heavy (non-hydrogen) atoms. The summed E-state index contributed by atoms with van der Waals surface area (Å²) in [6.07, 6.45) is -0.665. The summed E-state index contributed by atoms with van der Waals surface area (Å²) in [4.78, 5) is 26.1. The van der Waals surface area contributed by atoms with Gasteiger partial charge in [-0.15, -0.1) is 0 Å². The van der Waals surface area contributed by atoms with Gasteiger partial charge in [-0.25, -0.2) is 9.59 Å². The predicted molar refractivity (Wildman–Crippen MR) is 92.8 cm³/mol. The SMILES string of the molecule is COc1ccc(C2O[C@@H](C(=O)O)[C@H](C3CC3)N2C(=O)OC(C)(C)C)cc1. The average Bonchev–Trinajstić information content (AvgIpc) is 3.32. The van der Waals surface area contributed by atoms with Crippen molar-refractivity contribution in [3.05, 3.63) is 29.8 Å². The minimum absolute atomic E-state index is 0.117. The summed E-state index contributed by atoms with van der Waals surface area (Å²) in [5.41, 5.74) is 0.00259. The van der Waals surface area contributed by atoms with Gasteiger partial charge >= 0.3 is 12.1 Å². The number of carbonyl (C=O) groups is 2. The van der Waals surface area contributed by atoms with Crippen molar-refractivity contribution < 1.29 is 28.9 Å². The molecule has 1 aromatic rings. The van der Waals surface area contributed by atoms with Crippen LogP contribution in [0.2, 0.25) is 0 Å². The summed E-state index contributed by atoms with van der Waals surface area (Å²) in [7, 11) is 1.57. The Morgan fingerprint density at radius 3 is 2.27 bits per heavy atom. The molecule has 0 bridgehead atoms. The lowest BCUT2D eigenvalue weighted by Crippen LogP contribution is -2.46. The van der Waals surface area contributed by atoms with Crippen LogP contribution in [0.25, 0.3) is 0 Å². The van der Waals surface area contributed by atoms with Gasteiger partial charge in [0.15, 0.2) is 12.3 Å². The summed E-state index contributed by atoms with van der Waals surface area (Å²) in [5.74, 6) is -0.276. The van der Waals surface area contributed by atoms with Crippen LogP contribution in [0, 0.1) is 5.92 Å². The molecule has 1 amide bonds. The molecule has 0 radical (unpaired) electrons. The van der Waals surface area contributed by atoms with Crippen molar-refractivity contribution in [3.63, 3.8) is 0 Å². The summed E-state index contributed by atoms with van der Waals surface area (Å²) in [6, 6.07) is 6.53. The van der Waals surface area contributed by atoms with E-state index in [1.807, 2.05) is 0 Å². The monoisotopic (exact) mass is 363 g/mol. The normalized spacial score (nSPS) is 25.8. The number of ether oxygens (including phenoxy) is 3. The third-order valence-electron chi connectivity index (χ3n) is 4.51. The maximum atomic E-state index is 12.9. The molecule has 1 aliphatic carbocycles. The van der Waals surface area contributed by atoms with Crippen LogP contribution in [-0.4, -0.2) is 46.9 Å². The second kappa shape index (κ2) is 6.79. The molecule has 1 saturated heterocycles. The zero-order valence-electron chi connectivity index (χ0n) is 15.5. The molecule has 1 aromatic carbocycles. The molecule has 0 aromatic heterocycles. The lowest BCUT2D eigenvalue weighted by molar-refractivity contribution is -0.150. The van der Waals surface area contributed by atoms with Crippen LogP contribution in [0.5, 0.6) is 5.75 Å². The fraction of sp³-hybridized carbons (Fsp3) is 0.579. The zero-order valence-corrected chi connectivity index (χ0v) is 15.5. The standard InChI is InChI=1S/C19H25NO6/c1-19(2,3)26-18(23)20-14(11-5-6-11)15(17(21)22)25-16(20)12-7-9-13(24-4)10-8-12/h7-11,14-16H,5-6H2,1-4H3,(H,21,22)/t14-,15+,16?/m0/s1. The highest BCUT2D eigenvalue weighted by Crippen LogP contribution is 2.46. The molecular weight excluding hydrogens is 338 g/mol. The van der Waals surface area contributed by atoms with Crippen LogP contribution >= 0.6 is 0 Å². The van der Waals surface area contributed by atoms with Gasteiger partial charge < -0.3 is 19.3 Å². The maximum absolute atomic E-state index is 12.9.